The average Bonchev–Trinajstić information content (AvgIpc) is 3.45. The van der Waals surface area contributed by atoms with Crippen LogP contribution in [0.25, 0.3) is 0 Å². The highest BCUT2D eigenvalue weighted by atomic mass is 16.5. The molecular formula is C20H32N4O3. The van der Waals surface area contributed by atoms with E-state index in [4.69, 9.17) is 9.26 Å². The number of rotatable bonds is 7. The summed E-state index contributed by atoms with van der Waals surface area (Å²) < 4.78 is 11.2. The molecule has 0 spiro atoms. The largest absolute Gasteiger partial charge is 0.368 e. The Bertz CT molecular complexity index is 614. The van der Waals surface area contributed by atoms with E-state index in [0.717, 1.165) is 70.7 Å². The lowest BCUT2D eigenvalue weighted by Gasteiger charge is -2.34. The van der Waals surface area contributed by atoms with E-state index in [9.17, 15) is 4.79 Å². The summed E-state index contributed by atoms with van der Waals surface area (Å²) in [6, 6.07) is 0. The molecule has 3 heterocycles. The third-order valence-corrected chi connectivity index (χ3v) is 6.28. The van der Waals surface area contributed by atoms with Crippen molar-refractivity contribution in [3.63, 3.8) is 0 Å². The molecule has 0 radical (unpaired) electrons. The van der Waals surface area contributed by atoms with Gasteiger partial charge in [-0.25, -0.2) is 0 Å². The van der Waals surface area contributed by atoms with Gasteiger partial charge in [0.05, 0.1) is 6.10 Å². The van der Waals surface area contributed by atoms with E-state index in [1.54, 1.807) is 0 Å². The predicted molar refractivity (Wildman–Crippen MR) is 100 cm³/mol. The second-order valence-electron chi connectivity index (χ2n) is 8.29. The number of likely N-dealkylation sites (tertiary alicyclic amines) is 2. The van der Waals surface area contributed by atoms with Crippen molar-refractivity contribution in [1.82, 2.24) is 19.9 Å². The molecular weight excluding hydrogens is 344 g/mol. The minimum absolute atomic E-state index is 0.179. The molecule has 0 atom stereocenters. The number of amides is 1. The summed E-state index contributed by atoms with van der Waals surface area (Å²) in [6.07, 6.45) is 7.34. The Morgan fingerprint density at radius 2 is 1.85 bits per heavy atom. The normalized spacial score (nSPS) is 23.1. The molecule has 3 aliphatic rings. The van der Waals surface area contributed by atoms with Crippen LogP contribution in [0.1, 0.15) is 69.5 Å². The monoisotopic (exact) mass is 376 g/mol. The van der Waals surface area contributed by atoms with Crippen molar-refractivity contribution in [1.29, 1.82) is 0 Å². The first-order chi connectivity index (χ1) is 13.2. The first-order valence-corrected chi connectivity index (χ1v) is 10.7. The summed E-state index contributed by atoms with van der Waals surface area (Å²) in [5, 5.41) is 4.02. The van der Waals surface area contributed by atoms with Crippen molar-refractivity contribution in [2.75, 3.05) is 32.7 Å². The van der Waals surface area contributed by atoms with Gasteiger partial charge in [-0.15, -0.1) is 0 Å². The van der Waals surface area contributed by atoms with E-state index in [-0.39, 0.29) is 6.10 Å². The number of hydrogen-bond acceptors (Lipinski definition) is 6. The van der Waals surface area contributed by atoms with Gasteiger partial charge < -0.3 is 19.1 Å². The molecule has 1 saturated carbocycles. The molecule has 1 aromatic heterocycles. The maximum absolute atomic E-state index is 12.6. The average molecular weight is 377 g/mol. The molecule has 7 heteroatoms. The molecule has 2 aliphatic heterocycles. The van der Waals surface area contributed by atoms with Crippen molar-refractivity contribution in [2.45, 2.75) is 70.5 Å². The van der Waals surface area contributed by atoms with Crippen LogP contribution in [-0.4, -0.2) is 64.7 Å². The fraction of sp³-hybridized carbons (Fsp3) is 0.850. The number of piperidine rings is 2. The van der Waals surface area contributed by atoms with Crippen molar-refractivity contribution in [3.8, 4) is 0 Å². The summed E-state index contributed by atoms with van der Waals surface area (Å²) in [5.41, 5.74) is 0. The number of carbonyl (C=O) groups is 1. The molecule has 0 unspecified atom stereocenters. The Morgan fingerprint density at radius 3 is 2.52 bits per heavy atom. The van der Waals surface area contributed by atoms with Crippen LogP contribution in [0, 0.1) is 5.92 Å². The molecule has 1 aromatic rings. The molecule has 4 rings (SSSR count). The van der Waals surface area contributed by atoms with Crippen molar-refractivity contribution in [3.05, 3.63) is 11.7 Å². The minimum Gasteiger partial charge on any atom is -0.368 e. The van der Waals surface area contributed by atoms with Crippen LogP contribution in [-0.2, 0) is 16.1 Å². The summed E-state index contributed by atoms with van der Waals surface area (Å²) in [6.45, 7) is 7.60. The van der Waals surface area contributed by atoms with E-state index in [2.05, 4.69) is 22.0 Å². The molecule has 1 amide bonds. The summed E-state index contributed by atoms with van der Waals surface area (Å²) in [7, 11) is 0. The van der Waals surface area contributed by atoms with Gasteiger partial charge in [0.2, 0.25) is 5.91 Å². The SMILES string of the molecule is CCN1CCC(CC(=O)N2CCC(OCc3nc(C4CC4)no3)CC2)CC1. The fourth-order valence-electron chi connectivity index (χ4n) is 4.18. The summed E-state index contributed by atoms with van der Waals surface area (Å²) >= 11 is 0. The minimum atomic E-state index is 0.179. The summed E-state index contributed by atoms with van der Waals surface area (Å²) in [5.74, 6) is 2.81. The predicted octanol–water partition coefficient (Wildman–Crippen LogP) is 2.58. The first-order valence-electron chi connectivity index (χ1n) is 10.7. The Hall–Kier alpha value is -1.47. The highest BCUT2D eigenvalue weighted by Gasteiger charge is 2.30. The number of nitrogens with zero attached hydrogens (tertiary/aromatic N) is 4. The fourth-order valence-corrected chi connectivity index (χ4v) is 4.18. The highest BCUT2D eigenvalue weighted by Crippen LogP contribution is 2.38. The Kier molecular flexibility index (Phi) is 6.08. The van der Waals surface area contributed by atoms with Gasteiger partial charge in [0.15, 0.2) is 5.82 Å². The van der Waals surface area contributed by atoms with E-state index >= 15 is 0 Å². The zero-order chi connectivity index (χ0) is 18.6. The van der Waals surface area contributed by atoms with Gasteiger partial charge in [-0.2, -0.15) is 4.98 Å². The van der Waals surface area contributed by atoms with Crippen LogP contribution in [0.15, 0.2) is 4.52 Å². The van der Waals surface area contributed by atoms with Gasteiger partial charge in [0.25, 0.3) is 5.89 Å². The molecule has 1 aliphatic carbocycles. The van der Waals surface area contributed by atoms with Gasteiger partial charge in [-0.3, -0.25) is 4.79 Å². The van der Waals surface area contributed by atoms with Gasteiger partial charge >= 0.3 is 0 Å². The van der Waals surface area contributed by atoms with E-state index in [0.29, 0.717) is 30.2 Å². The third kappa shape index (κ3) is 5.08. The maximum Gasteiger partial charge on any atom is 0.252 e. The zero-order valence-electron chi connectivity index (χ0n) is 16.4. The number of hydrogen-bond donors (Lipinski definition) is 0. The van der Waals surface area contributed by atoms with Crippen molar-refractivity contribution < 1.29 is 14.1 Å². The molecule has 2 saturated heterocycles. The number of aromatic nitrogens is 2. The quantitative estimate of drug-likeness (QED) is 0.728. The molecule has 27 heavy (non-hydrogen) atoms. The molecule has 0 aromatic carbocycles. The topological polar surface area (TPSA) is 71.7 Å². The van der Waals surface area contributed by atoms with Crippen molar-refractivity contribution >= 4 is 5.91 Å². The number of ether oxygens (including phenoxy) is 1. The zero-order valence-corrected chi connectivity index (χ0v) is 16.4. The molecule has 0 bridgehead atoms. The Balaban J connectivity index is 1.14. The van der Waals surface area contributed by atoms with Crippen molar-refractivity contribution in [2.24, 2.45) is 5.92 Å². The van der Waals surface area contributed by atoms with E-state index in [1.807, 2.05) is 4.90 Å². The molecule has 150 valence electrons. The standard InChI is InChI=1S/C20H32N4O3/c1-2-23-9-5-15(6-10-23)13-19(25)24-11-7-17(8-12-24)26-14-18-21-20(22-27-18)16-3-4-16/h15-17H,2-14H2,1H3. The van der Waals surface area contributed by atoms with Crippen LogP contribution in [0.5, 0.6) is 0 Å². The maximum atomic E-state index is 12.6. The third-order valence-electron chi connectivity index (χ3n) is 6.28. The Morgan fingerprint density at radius 1 is 1.11 bits per heavy atom. The molecule has 0 N–H and O–H groups in total. The lowest BCUT2D eigenvalue weighted by atomic mass is 9.92. The van der Waals surface area contributed by atoms with Crippen LogP contribution in [0.2, 0.25) is 0 Å². The lowest BCUT2D eigenvalue weighted by molar-refractivity contribution is -0.135. The number of carbonyl (C=O) groups excluding carboxylic acids is 1. The van der Waals surface area contributed by atoms with E-state index in [1.165, 1.54) is 12.8 Å². The van der Waals surface area contributed by atoms with E-state index < -0.39 is 0 Å². The van der Waals surface area contributed by atoms with Gasteiger partial charge in [-0.1, -0.05) is 12.1 Å². The molecule has 7 nitrogen and oxygen atoms in total. The summed E-state index contributed by atoms with van der Waals surface area (Å²) in [4.78, 5) is 21.5. The molecule has 3 fully saturated rings. The van der Waals surface area contributed by atoms with Crippen LogP contribution >= 0.6 is 0 Å². The second-order valence-corrected chi connectivity index (χ2v) is 8.29. The Labute approximate surface area is 161 Å². The smallest absolute Gasteiger partial charge is 0.252 e. The highest BCUT2D eigenvalue weighted by molar-refractivity contribution is 5.76. The van der Waals surface area contributed by atoms with Crippen LogP contribution < -0.4 is 0 Å². The van der Waals surface area contributed by atoms with Crippen LogP contribution in [0.3, 0.4) is 0 Å². The van der Waals surface area contributed by atoms with Gasteiger partial charge in [-0.05, 0) is 64.1 Å². The van der Waals surface area contributed by atoms with Crippen LogP contribution in [0.4, 0.5) is 0 Å². The second kappa shape index (κ2) is 8.69. The lowest BCUT2D eigenvalue weighted by Crippen LogP contribution is -2.42. The first kappa shape index (κ1) is 18.9. The van der Waals surface area contributed by atoms with Gasteiger partial charge in [0.1, 0.15) is 6.61 Å². The van der Waals surface area contributed by atoms with Gasteiger partial charge in [0, 0.05) is 25.4 Å².